The van der Waals surface area contributed by atoms with E-state index >= 15 is 0 Å². The molecule has 0 spiro atoms. The summed E-state index contributed by atoms with van der Waals surface area (Å²) in [7, 11) is 0. The van der Waals surface area contributed by atoms with Gasteiger partial charge in [-0.3, -0.25) is 4.90 Å². The van der Waals surface area contributed by atoms with Gasteiger partial charge in [-0.05, 0) is 37.6 Å². The van der Waals surface area contributed by atoms with E-state index in [-0.39, 0.29) is 12.7 Å². The van der Waals surface area contributed by atoms with Crippen LogP contribution in [0.4, 0.5) is 0 Å². The van der Waals surface area contributed by atoms with Gasteiger partial charge in [0.2, 0.25) is 0 Å². The van der Waals surface area contributed by atoms with Crippen LogP contribution in [0.2, 0.25) is 0 Å². The zero-order chi connectivity index (χ0) is 13.1. The van der Waals surface area contributed by atoms with Gasteiger partial charge in [-0.15, -0.1) is 0 Å². The van der Waals surface area contributed by atoms with Crippen molar-refractivity contribution in [3.63, 3.8) is 0 Å². The molecule has 3 nitrogen and oxygen atoms in total. The highest BCUT2D eigenvalue weighted by Crippen LogP contribution is 2.31. The molecule has 1 aliphatic heterocycles. The van der Waals surface area contributed by atoms with Gasteiger partial charge in [0.05, 0.1) is 6.61 Å². The summed E-state index contributed by atoms with van der Waals surface area (Å²) in [5, 5.41) is 9.08. The summed E-state index contributed by atoms with van der Waals surface area (Å²) in [6, 6.07) is 6.58. The van der Waals surface area contributed by atoms with Crippen LogP contribution in [0.5, 0.6) is 5.75 Å². The van der Waals surface area contributed by atoms with E-state index < -0.39 is 0 Å². The van der Waals surface area contributed by atoms with E-state index in [1.807, 2.05) is 12.1 Å². The van der Waals surface area contributed by atoms with Crippen molar-refractivity contribution in [3.8, 4) is 5.75 Å². The quantitative estimate of drug-likeness (QED) is 0.906. The number of fused-ring (bicyclic) bond motifs is 1. The minimum Gasteiger partial charge on any atom is -0.488 e. The SMILES string of the molecule is CC(C)N(CCO)CC1Cc2cc(Br)ccc2O1. The lowest BCUT2D eigenvalue weighted by Crippen LogP contribution is -2.40. The number of hydrogen-bond donors (Lipinski definition) is 1. The Kier molecular flexibility index (Phi) is 4.65. The zero-order valence-corrected chi connectivity index (χ0v) is 12.5. The Morgan fingerprint density at radius 3 is 2.94 bits per heavy atom. The second kappa shape index (κ2) is 6.04. The second-order valence-electron chi connectivity index (χ2n) is 5.01. The molecule has 1 aliphatic rings. The first-order valence-electron chi connectivity index (χ1n) is 6.40. The lowest BCUT2D eigenvalue weighted by molar-refractivity contribution is 0.107. The third-order valence-corrected chi connectivity index (χ3v) is 3.81. The highest BCUT2D eigenvalue weighted by Gasteiger charge is 2.25. The van der Waals surface area contributed by atoms with Crippen LogP contribution < -0.4 is 4.74 Å². The molecule has 0 aliphatic carbocycles. The van der Waals surface area contributed by atoms with Gasteiger partial charge in [-0.25, -0.2) is 0 Å². The molecule has 2 rings (SSSR count). The Bertz CT molecular complexity index is 409. The first-order chi connectivity index (χ1) is 8.60. The summed E-state index contributed by atoms with van der Waals surface area (Å²) in [6.45, 7) is 6.06. The second-order valence-corrected chi connectivity index (χ2v) is 5.92. The molecule has 0 fully saturated rings. The van der Waals surface area contributed by atoms with Crippen molar-refractivity contribution in [1.82, 2.24) is 4.90 Å². The average Bonchev–Trinajstić information content (AvgIpc) is 2.69. The highest BCUT2D eigenvalue weighted by molar-refractivity contribution is 9.10. The van der Waals surface area contributed by atoms with E-state index in [0.717, 1.165) is 23.2 Å². The van der Waals surface area contributed by atoms with Gasteiger partial charge in [0.1, 0.15) is 11.9 Å². The molecule has 0 saturated carbocycles. The van der Waals surface area contributed by atoms with Crippen LogP contribution in [-0.2, 0) is 6.42 Å². The monoisotopic (exact) mass is 313 g/mol. The van der Waals surface area contributed by atoms with Gasteiger partial charge in [0.15, 0.2) is 0 Å². The van der Waals surface area contributed by atoms with Crippen molar-refractivity contribution in [2.45, 2.75) is 32.4 Å². The Morgan fingerprint density at radius 2 is 2.28 bits per heavy atom. The van der Waals surface area contributed by atoms with Crippen molar-refractivity contribution >= 4 is 15.9 Å². The summed E-state index contributed by atoms with van der Waals surface area (Å²) in [5.74, 6) is 0.996. The molecular formula is C14H20BrNO2. The highest BCUT2D eigenvalue weighted by atomic mass is 79.9. The smallest absolute Gasteiger partial charge is 0.123 e. The van der Waals surface area contributed by atoms with E-state index in [2.05, 4.69) is 40.7 Å². The van der Waals surface area contributed by atoms with Gasteiger partial charge < -0.3 is 9.84 Å². The normalized spacial score (nSPS) is 18.2. The van der Waals surface area contributed by atoms with Gasteiger partial charge in [-0.2, -0.15) is 0 Å². The van der Waals surface area contributed by atoms with Crippen LogP contribution >= 0.6 is 15.9 Å². The predicted molar refractivity (Wildman–Crippen MR) is 76.1 cm³/mol. The predicted octanol–water partition coefficient (Wildman–Crippen LogP) is 2.46. The molecule has 0 amide bonds. The fourth-order valence-electron chi connectivity index (χ4n) is 2.34. The molecule has 1 N–H and O–H groups in total. The molecule has 0 aromatic heterocycles. The van der Waals surface area contributed by atoms with Crippen molar-refractivity contribution in [3.05, 3.63) is 28.2 Å². The number of halogens is 1. The van der Waals surface area contributed by atoms with Gasteiger partial charge in [0, 0.05) is 30.0 Å². The van der Waals surface area contributed by atoms with Gasteiger partial charge in [0.25, 0.3) is 0 Å². The van der Waals surface area contributed by atoms with Crippen molar-refractivity contribution in [1.29, 1.82) is 0 Å². The number of aliphatic hydroxyl groups excluding tert-OH is 1. The third-order valence-electron chi connectivity index (χ3n) is 3.32. The molecule has 0 radical (unpaired) electrons. The van der Waals surface area contributed by atoms with Crippen LogP contribution in [0, 0.1) is 0 Å². The molecule has 1 heterocycles. The Morgan fingerprint density at radius 1 is 1.50 bits per heavy atom. The van der Waals surface area contributed by atoms with Gasteiger partial charge in [-0.1, -0.05) is 15.9 Å². The first kappa shape index (κ1) is 13.8. The average molecular weight is 314 g/mol. The minimum atomic E-state index is 0.197. The first-order valence-corrected chi connectivity index (χ1v) is 7.19. The van der Waals surface area contributed by atoms with E-state index in [4.69, 9.17) is 9.84 Å². The number of benzene rings is 1. The number of rotatable bonds is 5. The Hall–Kier alpha value is -0.580. The third kappa shape index (κ3) is 3.25. The Balaban J connectivity index is 1.98. The van der Waals surface area contributed by atoms with Crippen LogP contribution in [0.25, 0.3) is 0 Å². The standard InChI is InChI=1S/C14H20BrNO2/c1-10(2)16(5-6-17)9-13-8-11-7-12(15)3-4-14(11)18-13/h3-4,7,10,13,17H,5-6,8-9H2,1-2H3. The largest absolute Gasteiger partial charge is 0.488 e. The summed E-state index contributed by atoms with van der Waals surface area (Å²) in [4.78, 5) is 2.26. The number of hydrogen-bond acceptors (Lipinski definition) is 3. The molecule has 1 aromatic rings. The van der Waals surface area contributed by atoms with Gasteiger partial charge >= 0.3 is 0 Å². The molecule has 0 bridgehead atoms. The molecule has 1 aromatic carbocycles. The van der Waals surface area contributed by atoms with Crippen LogP contribution in [0.3, 0.4) is 0 Å². The van der Waals surface area contributed by atoms with E-state index in [9.17, 15) is 0 Å². The van der Waals surface area contributed by atoms with Crippen molar-refractivity contribution in [2.24, 2.45) is 0 Å². The minimum absolute atomic E-state index is 0.197. The van der Waals surface area contributed by atoms with Crippen LogP contribution in [0.15, 0.2) is 22.7 Å². The van der Waals surface area contributed by atoms with Crippen LogP contribution in [-0.4, -0.2) is 41.8 Å². The maximum atomic E-state index is 9.08. The molecule has 1 atom stereocenters. The fourth-order valence-corrected chi connectivity index (χ4v) is 2.75. The van der Waals surface area contributed by atoms with E-state index in [0.29, 0.717) is 12.6 Å². The summed E-state index contributed by atoms with van der Waals surface area (Å²) < 4.78 is 7.04. The van der Waals surface area contributed by atoms with Crippen molar-refractivity contribution in [2.75, 3.05) is 19.7 Å². The van der Waals surface area contributed by atoms with E-state index in [1.165, 1.54) is 5.56 Å². The lowest BCUT2D eigenvalue weighted by Gasteiger charge is -2.28. The molecule has 18 heavy (non-hydrogen) atoms. The number of ether oxygens (including phenoxy) is 1. The number of aliphatic hydroxyl groups is 1. The van der Waals surface area contributed by atoms with E-state index in [1.54, 1.807) is 0 Å². The molecular weight excluding hydrogens is 294 g/mol. The summed E-state index contributed by atoms with van der Waals surface area (Å²) in [6.07, 6.45) is 1.15. The van der Waals surface area contributed by atoms with Crippen LogP contribution in [0.1, 0.15) is 19.4 Å². The summed E-state index contributed by atoms with van der Waals surface area (Å²) in [5.41, 5.74) is 1.27. The van der Waals surface area contributed by atoms with Crippen molar-refractivity contribution < 1.29 is 9.84 Å². The molecule has 1 unspecified atom stereocenters. The maximum absolute atomic E-state index is 9.08. The molecule has 4 heteroatoms. The maximum Gasteiger partial charge on any atom is 0.123 e. The lowest BCUT2D eigenvalue weighted by atomic mass is 10.1. The topological polar surface area (TPSA) is 32.7 Å². The molecule has 0 saturated heterocycles. The molecule has 100 valence electrons. The fraction of sp³-hybridized carbons (Fsp3) is 0.571. The number of nitrogens with zero attached hydrogens (tertiary/aromatic N) is 1. The summed E-state index contributed by atoms with van der Waals surface area (Å²) >= 11 is 3.48. The Labute approximate surface area is 117 Å². The zero-order valence-electron chi connectivity index (χ0n) is 10.9.